The number of anilines is 1. The first-order chi connectivity index (χ1) is 18.6. The van der Waals surface area contributed by atoms with Crippen molar-refractivity contribution in [3.8, 4) is 11.1 Å². The third-order valence-corrected chi connectivity index (χ3v) is 6.85. The highest BCUT2D eigenvalue weighted by Crippen LogP contribution is 2.59. The van der Waals surface area contributed by atoms with Gasteiger partial charge in [-0.3, -0.25) is 9.48 Å². The van der Waals surface area contributed by atoms with E-state index in [1.54, 1.807) is 29.3 Å². The summed E-state index contributed by atoms with van der Waals surface area (Å²) in [6, 6.07) is 5.40. The quantitative estimate of drug-likeness (QED) is 0.304. The Kier molecular flexibility index (Phi) is 6.93. The monoisotopic (exact) mass is 544 g/mol. The lowest BCUT2D eigenvalue weighted by Gasteiger charge is -2.14. The normalized spacial score (nSPS) is 14.4. The van der Waals surface area contributed by atoms with Gasteiger partial charge in [-0.05, 0) is 37.0 Å². The Hall–Kier alpha value is -4.13. The van der Waals surface area contributed by atoms with Crippen LogP contribution in [-0.4, -0.2) is 48.7 Å². The molecule has 5 rings (SSSR count). The third-order valence-electron chi connectivity index (χ3n) is 6.85. The molecule has 1 aromatic carbocycles. The molecule has 0 atom stereocenters. The number of carbonyl (C=O) groups excluding carboxylic acids is 1. The summed E-state index contributed by atoms with van der Waals surface area (Å²) < 4.78 is 61.1. The van der Waals surface area contributed by atoms with Crippen LogP contribution in [0.15, 0.2) is 47.4 Å². The first kappa shape index (κ1) is 26.5. The minimum atomic E-state index is -4.46. The molecule has 9 nitrogen and oxygen atoms in total. The molecular formula is C26H24F4N6O3. The molecule has 0 saturated heterocycles. The van der Waals surface area contributed by atoms with Gasteiger partial charge in [-0.1, -0.05) is 17.3 Å². The molecule has 4 aromatic rings. The van der Waals surface area contributed by atoms with E-state index in [2.05, 4.69) is 25.5 Å². The van der Waals surface area contributed by atoms with Crippen molar-refractivity contribution in [3.63, 3.8) is 0 Å². The van der Waals surface area contributed by atoms with Crippen LogP contribution in [0.5, 0.6) is 0 Å². The minimum Gasteiger partial charge on any atom is -0.394 e. The van der Waals surface area contributed by atoms with Crippen molar-refractivity contribution in [2.45, 2.75) is 50.7 Å². The van der Waals surface area contributed by atoms with Crippen molar-refractivity contribution in [1.82, 2.24) is 24.9 Å². The molecule has 1 amide bonds. The lowest BCUT2D eigenvalue weighted by Crippen LogP contribution is -2.28. The summed E-state index contributed by atoms with van der Waals surface area (Å²) in [5, 5.41) is 19.2. The number of benzene rings is 1. The maximum atomic E-state index is 14.8. The van der Waals surface area contributed by atoms with Gasteiger partial charge in [0, 0.05) is 41.7 Å². The number of carbonyl (C=O) groups is 1. The van der Waals surface area contributed by atoms with E-state index in [0.717, 1.165) is 17.3 Å². The zero-order valence-corrected chi connectivity index (χ0v) is 20.8. The first-order valence-corrected chi connectivity index (χ1v) is 12.2. The topological polar surface area (TPSA) is 119 Å². The van der Waals surface area contributed by atoms with Gasteiger partial charge < -0.3 is 14.9 Å². The number of amides is 1. The smallest absolute Gasteiger partial charge is 0.394 e. The predicted octanol–water partition coefficient (Wildman–Crippen LogP) is 4.13. The van der Waals surface area contributed by atoms with Crippen LogP contribution < -0.4 is 5.32 Å². The lowest BCUT2D eigenvalue weighted by atomic mass is 10.0. The maximum absolute atomic E-state index is 14.8. The van der Waals surface area contributed by atoms with Crippen molar-refractivity contribution in [3.05, 3.63) is 77.1 Å². The zero-order valence-electron chi connectivity index (χ0n) is 20.8. The molecule has 0 unspecified atom stereocenters. The van der Waals surface area contributed by atoms with Crippen LogP contribution in [0.4, 0.5) is 23.4 Å². The Morgan fingerprint density at radius 3 is 2.51 bits per heavy atom. The second-order valence-electron chi connectivity index (χ2n) is 9.45. The molecule has 204 valence electrons. The lowest BCUT2D eigenvalue weighted by molar-refractivity contribution is -0.165. The SMILES string of the molecule is Cc1c(Cc2ncc(-c3ccc(CC(=O)Nc4cc(C5(C(F)(F)F)CC5)on4)c(F)c3)cn2)cnn1CCO. The van der Waals surface area contributed by atoms with Crippen LogP contribution in [0.25, 0.3) is 11.1 Å². The van der Waals surface area contributed by atoms with Gasteiger partial charge in [0.25, 0.3) is 0 Å². The maximum Gasteiger partial charge on any atom is 0.401 e. The number of nitrogens with one attached hydrogen (secondary N) is 1. The molecule has 3 heterocycles. The standard InChI is InChI=1S/C26H24F4N6O3/c1-15-18(14-33-36(15)6-7-37)9-22-31-12-19(13-32-22)16-2-3-17(20(27)8-16)10-24(38)34-23-11-21(39-35-23)25(4-5-25)26(28,29)30/h2-3,8,11-14,37H,4-7,9-10H2,1H3,(H,34,35,38). The van der Waals surface area contributed by atoms with E-state index >= 15 is 0 Å². The number of hydrogen-bond donors (Lipinski definition) is 2. The van der Waals surface area contributed by atoms with Gasteiger partial charge in [0.1, 0.15) is 17.1 Å². The molecule has 0 radical (unpaired) electrons. The summed E-state index contributed by atoms with van der Waals surface area (Å²) in [4.78, 5) is 21.1. The molecular weight excluding hydrogens is 520 g/mol. The second kappa shape index (κ2) is 10.2. The van der Waals surface area contributed by atoms with Gasteiger partial charge in [-0.25, -0.2) is 14.4 Å². The van der Waals surface area contributed by atoms with E-state index in [9.17, 15) is 22.4 Å². The number of alkyl halides is 3. The fourth-order valence-electron chi connectivity index (χ4n) is 4.33. The molecule has 39 heavy (non-hydrogen) atoms. The van der Waals surface area contributed by atoms with Crippen LogP contribution in [0.1, 0.15) is 41.2 Å². The van der Waals surface area contributed by atoms with E-state index in [1.807, 2.05) is 6.92 Å². The third kappa shape index (κ3) is 5.39. The summed E-state index contributed by atoms with van der Waals surface area (Å²) in [5.41, 5.74) is 0.986. The Morgan fingerprint density at radius 2 is 1.87 bits per heavy atom. The molecule has 1 aliphatic rings. The zero-order chi connectivity index (χ0) is 27.8. The number of hydrogen-bond acceptors (Lipinski definition) is 7. The van der Waals surface area contributed by atoms with Crippen molar-refractivity contribution in [2.24, 2.45) is 0 Å². The van der Waals surface area contributed by atoms with Crippen molar-refractivity contribution in [2.75, 3.05) is 11.9 Å². The van der Waals surface area contributed by atoms with Crippen LogP contribution in [0.3, 0.4) is 0 Å². The van der Waals surface area contributed by atoms with E-state index < -0.39 is 23.3 Å². The molecule has 1 aliphatic carbocycles. The highest BCUT2D eigenvalue weighted by molar-refractivity contribution is 5.91. The molecule has 2 N–H and O–H groups in total. The van der Waals surface area contributed by atoms with Crippen molar-refractivity contribution in [1.29, 1.82) is 0 Å². The summed E-state index contributed by atoms with van der Waals surface area (Å²) in [6.07, 6.45) is 0.303. The van der Waals surface area contributed by atoms with Gasteiger partial charge >= 0.3 is 6.18 Å². The van der Waals surface area contributed by atoms with Crippen LogP contribution >= 0.6 is 0 Å². The van der Waals surface area contributed by atoms with Crippen LogP contribution in [-0.2, 0) is 29.6 Å². The van der Waals surface area contributed by atoms with E-state index in [-0.39, 0.29) is 43.0 Å². The number of aromatic nitrogens is 5. The highest BCUT2D eigenvalue weighted by Gasteiger charge is 2.66. The van der Waals surface area contributed by atoms with Gasteiger partial charge in [-0.15, -0.1) is 0 Å². The number of rotatable bonds is 9. The molecule has 0 aliphatic heterocycles. The fraction of sp³-hybridized carbons (Fsp3) is 0.346. The first-order valence-electron chi connectivity index (χ1n) is 12.2. The van der Waals surface area contributed by atoms with Crippen LogP contribution in [0.2, 0.25) is 0 Å². The van der Waals surface area contributed by atoms with Gasteiger partial charge in [-0.2, -0.15) is 18.3 Å². The summed E-state index contributed by atoms with van der Waals surface area (Å²) >= 11 is 0. The minimum absolute atomic E-state index is 0.0124. The number of aliphatic hydroxyl groups excluding tert-OH is 1. The van der Waals surface area contributed by atoms with Gasteiger partial charge in [0.2, 0.25) is 5.91 Å². The largest absolute Gasteiger partial charge is 0.401 e. The molecule has 3 aromatic heterocycles. The summed E-state index contributed by atoms with van der Waals surface area (Å²) in [7, 11) is 0. The Bertz CT molecular complexity index is 1490. The van der Waals surface area contributed by atoms with E-state index in [4.69, 9.17) is 9.63 Å². The fourth-order valence-corrected chi connectivity index (χ4v) is 4.33. The molecule has 1 saturated carbocycles. The highest BCUT2D eigenvalue weighted by atomic mass is 19.4. The Labute approximate surface area is 219 Å². The summed E-state index contributed by atoms with van der Waals surface area (Å²) in [6.45, 7) is 2.29. The van der Waals surface area contributed by atoms with Gasteiger partial charge in [0.15, 0.2) is 11.6 Å². The molecule has 1 fully saturated rings. The average molecular weight is 545 g/mol. The summed E-state index contributed by atoms with van der Waals surface area (Å²) in [5.74, 6) is -1.23. The molecule has 0 spiro atoms. The Balaban J connectivity index is 1.21. The van der Waals surface area contributed by atoms with Crippen molar-refractivity contribution < 1.29 is 32.0 Å². The number of aliphatic hydroxyl groups is 1. The average Bonchev–Trinajstić information content (AvgIpc) is 3.50. The van der Waals surface area contributed by atoms with Crippen molar-refractivity contribution >= 4 is 11.7 Å². The second-order valence-corrected chi connectivity index (χ2v) is 9.45. The predicted molar refractivity (Wildman–Crippen MR) is 130 cm³/mol. The van der Waals surface area contributed by atoms with Crippen LogP contribution in [0, 0.1) is 12.7 Å². The molecule has 0 bridgehead atoms. The molecule has 13 heteroatoms. The number of nitrogens with zero attached hydrogens (tertiary/aromatic N) is 5. The number of halogens is 4. The van der Waals surface area contributed by atoms with Gasteiger partial charge in [0.05, 0.1) is 25.8 Å². The van der Waals surface area contributed by atoms with E-state index in [0.29, 0.717) is 29.9 Å². The van der Waals surface area contributed by atoms with E-state index in [1.165, 1.54) is 12.1 Å². The Morgan fingerprint density at radius 1 is 1.13 bits per heavy atom.